The Balaban J connectivity index is 1.83. The van der Waals surface area contributed by atoms with Crippen LogP contribution in [0.25, 0.3) is 11.0 Å². The van der Waals surface area contributed by atoms with Crippen molar-refractivity contribution in [3.63, 3.8) is 0 Å². The molecule has 0 bridgehead atoms. The maximum atomic E-state index is 14.9. The summed E-state index contributed by atoms with van der Waals surface area (Å²) >= 11 is 1.31. The number of aryl methyl sites for hydroxylation is 2. The van der Waals surface area contributed by atoms with Gasteiger partial charge in [-0.2, -0.15) is 0 Å². The van der Waals surface area contributed by atoms with E-state index in [0.717, 1.165) is 10.6 Å². The Kier molecular flexibility index (Phi) is 4.40. The third-order valence-electron chi connectivity index (χ3n) is 5.50. The van der Waals surface area contributed by atoms with Gasteiger partial charge in [-0.15, -0.1) is 11.3 Å². The van der Waals surface area contributed by atoms with Crippen LogP contribution in [0.5, 0.6) is 5.75 Å². The summed E-state index contributed by atoms with van der Waals surface area (Å²) in [6, 6.07) is 9.93. The van der Waals surface area contributed by atoms with Gasteiger partial charge in [0.1, 0.15) is 23.2 Å². The maximum absolute atomic E-state index is 14.9. The molecule has 0 spiro atoms. The molecule has 1 unspecified atom stereocenters. The number of aromatic nitrogens is 1. The zero-order valence-electron chi connectivity index (χ0n) is 16.9. The highest BCUT2D eigenvalue weighted by atomic mass is 32.1. The summed E-state index contributed by atoms with van der Waals surface area (Å²) < 4.78 is 26.0. The summed E-state index contributed by atoms with van der Waals surface area (Å²) in [6.45, 7) is 3.73. The summed E-state index contributed by atoms with van der Waals surface area (Å²) in [7, 11) is 1.50. The number of benzene rings is 2. The van der Waals surface area contributed by atoms with E-state index in [1.165, 1.54) is 29.4 Å². The smallest absolute Gasteiger partial charge is 0.297 e. The van der Waals surface area contributed by atoms with Crippen LogP contribution in [0.4, 0.5) is 9.52 Å². The maximum Gasteiger partial charge on any atom is 0.297 e. The first-order valence-electron chi connectivity index (χ1n) is 9.57. The van der Waals surface area contributed by atoms with Gasteiger partial charge in [-0.05, 0) is 32.0 Å². The molecule has 4 aromatic rings. The Bertz CT molecular complexity index is 1410. The fraction of sp³-hybridized carbons (Fsp3) is 0.174. The molecule has 5 rings (SSSR count). The average molecular weight is 436 g/mol. The average Bonchev–Trinajstić information content (AvgIpc) is 3.24. The first kappa shape index (κ1) is 19.4. The molecule has 1 aliphatic rings. The second-order valence-electron chi connectivity index (χ2n) is 7.27. The molecule has 0 fully saturated rings. The van der Waals surface area contributed by atoms with Crippen LogP contribution in [0.1, 0.15) is 38.3 Å². The molecule has 1 aliphatic heterocycles. The number of rotatable bonds is 3. The lowest BCUT2D eigenvalue weighted by Gasteiger charge is -2.22. The van der Waals surface area contributed by atoms with E-state index < -0.39 is 17.8 Å². The fourth-order valence-corrected chi connectivity index (χ4v) is 4.76. The van der Waals surface area contributed by atoms with Gasteiger partial charge in [-0.1, -0.05) is 18.2 Å². The van der Waals surface area contributed by atoms with Crippen LogP contribution < -0.4 is 15.1 Å². The van der Waals surface area contributed by atoms with E-state index in [0.29, 0.717) is 16.3 Å². The molecule has 3 heterocycles. The molecule has 0 N–H and O–H groups in total. The monoisotopic (exact) mass is 436 g/mol. The second kappa shape index (κ2) is 7.02. The molecule has 6 nitrogen and oxygen atoms in total. The lowest BCUT2D eigenvalue weighted by molar-refractivity contribution is 0.0970. The number of ether oxygens (including phenoxy) is 1. The number of carbonyl (C=O) groups excluding carboxylic acids is 1. The third-order valence-corrected chi connectivity index (χ3v) is 6.57. The summed E-state index contributed by atoms with van der Waals surface area (Å²) in [6.07, 6.45) is 0. The molecule has 0 saturated heterocycles. The lowest BCUT2D eigenvalue weighted by Crippen LogP contribution is -2.30. The van der Waals surface area contributed by atoms with Gasteiger partial charge in [0.15, 0.2) is 10.6 Å². The van der Waals surface area contributed by atoms with Crippen LogP contribution in [0.2, 0.25) is 0 Å². The number of hydrogen-bond acceptors (Lipinski definition) is 6. The van der Waals surface area contributed by atoms with Crippen molar-refractivity contribution in [1.29, 1.82) is 0 Å². The number of carbonyl (C=O) groups is 1. The molecule has 156 valence electrons. The van der Waals surface area contributed by atoms with Crippen molar-refractivity contribution in [2.75, 3.05) is 12.0 Å². The molecule has 31 heavy (non-hydrogen) atoms. The van der Waals surface area contributed by atoms with Crippen molar-refractivity contribution in [1.82, 2.24) is 4.98 Å². The summed E-state index contributed by atoms with van der Waals surface area (Å²) in [5.74, 6) is -0.657. The number of halogens is 1. The van der Waals surface area contributed by atoms with E-state index in [9.17, 15) is 14.0 Å². The van der Waals surface area contributed by atoms with Crippen LogP contribution in [0, 0.1) is 19.7 Å². The lowest BCUT2D eigenvalue weighted by atomic mass is 9.98. The van der Waals surface area contributed by atoms with Gasteiger partial charge in [0, 0.05) is 16.5 Å². The molecule has 1 atom stereocenters. The molecular weight excluding hydrogens is 419 g/mol. The minimum atomic E-state index is -0.976. The topological polar surface area (TPSA) is 72.6 Å². The number of thiazole rings is 1. The van der Waals surface area contributed by atoms with Crippen LogP contribution in [0.3, 0.4) is 0 Å². The zero-order valence-corrected chi connectivity index (χ0v) is 17.7. The van der Waals surface area contributed by atoms with Crippen molar-refractivity contribution in [3.8, 4) is 5.75 Å². The van der Waals surface area contributed by atoms with E-state index in [2.05, 4.69) is 4.98 Å². The van der Waals surface area contributed by atoms with Gasteiger partial charge < -0.3 is 9.15 Å². The van der Waals surface area contributed by atoms with Crippen LogP contribution in [0.15, 0.2) is 51.7 Å². The minimum absolute atomic E-state index is 0.107. The van der Waals surface area contributed by atoms with Gasteiger partial charge in [0.25, 0.3) is 5.91 Å². The Labute approximate surface area is 180 Å². The van der Waals surface area contributed by atoms with Gasteiger partial charge in [-0.3, -0.25) is 14.5 Å². The number of amides is 1. The van der Waals surface area contributed by atoms with E-state index in [-0.39, 0.29) is 27.9 Å². The molecule has 8 heteroatoms. The van der Waals surface area contributed by atoms with E-state index in [1.807, 2.05) is 13.8 Å². The normalized spacial score (nSPS) is 15.5. The van der Waals surface area contributed by atoms with E-state index >= 15 is 0 Å². The number of hydrogen-bond donors (Lipinski definition) is 0. The number of fused-ring (bicyclic) bond motifs is 2. The largest absolute Gasteiger partial charge is 0.497 e. The summed E-state index contributed by atoms with van der Waals surface area (Å²) in [5, 5.41) is 0.683. The molecule has 0 aliphatic carbocycles. The third kappa shape index (κ3) is 2.86. The van der Waals surface area contributed by atoms with Crippen LogP contribution in [-0.2, 0) is 0 Å². The highest BCUT2D eigenvalue weighted by Crippen LogP contribution is 2.43. The van der Waals surface area contributed by atoms with Crippen molar-refractivity contribution >= 4 is 33.3 Å². The molecule has 0 saturated carbocycles. The Morgan fingerprint density at radius 3 is 2.61 bits per heavy atom. The Morgan fingerprint density at radius 1 is 1.16 bits per heavy atom. The van der Waals surface area contributed by atoms with Gasteiger partial charge in [0.05, 0.1) is 23.8 Å². The number of nitrogens with zero attached hydrogens (tertiary/aromatic N) is 2. The molecule has 2 aromatic carbocycles. The Morgan fingerprint density at radius 2 is 1.94 bits per heavy atom. The van der Waals surface area contributed by atoms with E-state index in [1.54, 1.807) is 36.4 Å². The predicted octanol–water partition coefficient (Wildman–Crippen LogP) is 4.76. The van der Waals surface area contributed by atoms with E-state index in [4.69, 9.17) is 9.15 Å². The predicted molar refractivity (Wildman–Crippen MR) is 116 cm³/mol. The number of anilines is 1. The van der Waals surface area contributed by atoms with Crippen molar-refractivity contribution in [3.05, 3.63) is 86.0 Å². The van der Waals surface area contributed by atoms with Crippen molar-refractivity contribution < 1.29 is 18.3 Å². The Hall–Kier alpha value is -3.52. The molecular formula is C23H17FN2O4S. The molecule has 0 radical (unpaired) electrons. The summed E-state index contributed by atoms with van der Waals surface area (Å²) in [4.78, 5) is 33.7. The summed E-state index contributed by atoms with van der Waals surface area (Å²) in [5.41, 5.74) is 0.939. The molecule has 2 aromatic heterocycles. The fourth-order valence-electron chi connectivity index (χ4n) is 3.83. The zero-order chi connectivity index (χ0) is 21.9. The highest BCUT2D eigenvalue weighted by Gasteiger charge is 2.45. The quantitative estimate of drug-likeness (QED) is 0.463. The minimum Gasteiger partial charge on any atom is -0.497 e. The van der Waals surface area contributed by atoms with Crippen LogP contribution in [-0.4, -0.2) is 18.0 Å². The standard InChI is InChI=1S/C23H17FN2O4S/c1-11-12(2)31-23(25-11)26-19(14-6-4-5-7-16(14)24)18-20(27)15-9-8-13(29-3)10-17(15)30-21(18)22(26)28/h4-10,19H,1-3H3. The van der Waals surface area contributed by atoms with Crippen LogP contribution >= 0.6 is 11.3 Å². The van der Waals surface area contributed by atoms with Crippen molar-refractivity contribution in [2.24, 2.45) is 0 Å². The van der Waals surface area contributed by atoms with Gasteiger partial charge >= 0.3 is 0 Å². The molecule has 1 amide bonds. The van der Waals surface area contributed by atoms with Crippen molar-refractivity contribution in [2.45, 2.75) is 19.9 Å². The first-order chi connectivity index (χ1) is 14.9. The highest BCUT2D eigenvalue weighted by molar-refractivity contribution is 7.15. The second-order valence-corrected chi connectivity index (χ2v) is 8.45. The number of methoxy groups -OCH3 is 1. The van der Waals surface area contributed by atoms with Gasteiger partial charge in [-0.25, -0.2) is 9.37 Å². The SMILES string of the molecule is COc1ccc2c(=O)c3c(oc2c1)C(=O)N(c1nc(C)c(C)s1)C3c1ccccc1F. The van der Waals surface area contributed by atoms with Gasteiger partial charge in [0.2, 0.25) is 5.76 Å². The first-order valence-corrected chi connectivity index (χ1v) is 10.4.